The third-order valence-corrected chi connectivity index (χ3v) is 3.18. The number of fused-ring (bicyclic) bond motifs is 1. The summed E-state index contributed by atoms with van der Waals surface area (Å²) in [4.78, 5) is 0. The molecule has 3 heteroatoms. The van der Waals surface area contributed by atoms with Crippen molar-refractivity contribution in [3.63, 3.8) is 0 Å². The number of aryl methyl sites for hydroxylation is 1. The Bertz CT molecular complexity index is 504. The van der Waals surface area contributed by atoms with Crippen LogP contribution in [0.15, 0.2) is 27.1 Å². The first-order chi connectivity index (χ1) is 7.61. The van der Waals surface area contributed by atoms with Crippen LogP contribution in [-0.2, 0) is 0 Å². The number of hydrogen-bond donors (Lipinski definition) is 1. The summed E-state index contributed by atoms with van der Waals surface area (Å²) in [5, 5.41) is 4.51. The summed E-state index contributed by atoms with van der Waals surface area (Å²) in [6.07, 6.45) is 0. The molecule has 1 heterocycles. The van der Waals surface area contributed by atoms with E-state index < -0.39 is 0 Å². The predicted molar refractivity (Wildman–Crippen MR) is 70.7 cm³/mol. The fraction of sp³-hybridized carbons (Fsp3) is 0.385. The van der Waals surface area contributed by atoms with Gasteiger partial charge in [-0.05, 0) is 44.2 Å². The van der Waals surface area contributed by atoms with Crippen LogP contribution in [0.5, 0.6) is 0 Å². The van der Waals surface area contributed by atoms with Crippen LogP contribution in [0, 0.1) is 6.92 Å². The average molecular weight is 282 g/mol. The summed E-state index contributed by atoms with van der Waals surface area (Å²) in [5.74, 6) is 0.998. The molecule has 0 bridgehead atoms. The van der Waals surface area contributed by atoms with E-state index in [1.807, 2.05) is 0 Å². The summed E-state index contributed by atoms with van der Waals surface area (Å²) in [7, 11) is 0. The van der Waals surface area contributed by atoms with E-state index >= 15 is 0 Å². The predicted octanol–water partition coefficient (Wildman–Crippen LogP) is 4.17. The minimum atomic E-state index is 0.260. The van der Waals surface area contributed by atoms with E-state index in [0.717, 1.165) is 27.7 Å². The monoisotopic (exact) mass is 281 g/mol. The molecule has 2 aromatic rings. The zero-order chi connectivity index (χ0) is 11.7. The van der Waals surface area contributed by atoms with E-state index in [0.29, 0.717) is 0 Å². The minimum Gasteiger partial charge on any atom is -0.459 e. The first-order valence-electron chi connectivity index (χ1n) is 5.54. The zero-order valence-corrected chi connectivity index (χ0v) is 11.4. The molecular weight excluding hydrogens is 266 g/mol. The highest BCUT2D eigenvalue weighted by molar-refractivity contribution is 9.10. The number of nitrogens with one attached hydrogen (secondary N) is 1. The molecular formula is C13H16BrNO. The Morgan fingerprint density at radius 1 is 1.38 bits per heavy atom. The molecule has 2 nitrogen and oxygen atoms in total. The number of rotatable bonds is 3. The van der Waals surface area contributed by atoms with E-state index in [1.165, 1.54) is 5.56 Å². The van der Waals surface area contributed by atoms with Gasteiger partial charge < -0.3 is 9.73 Å². The van der Waals surface area contributed by atoms with Gasteiger partial charge in [0.15, 0.2) is 0 Å². The molecule has 1 N–H and O–H groups in total. The average Bonchev–Trinajstić information content (AvgIpc) is 2.62. The van der Waals surface area contributed by atoms with Gasteiger partial charge in [-0.3, -0.25) is 0 Å². The molecule has 1 atom stereocenters. The van der Waals surface area contributed by atoms with E-state index in [1.54, 1.807) is 0 Å². The summed E-state index contributed by atoms with van der Waals surface area (Å²) in [5.41, 5.74) is 2.15. The van der Waals surface area contributed by atoms with Gasteiger partial charge in [0.25, 0.3) is 0 Å². The molecule has 0 aliphatic carbocycles. The number of furan rings is 1. The van der Waals surface area contributed by atoms with Crippen molar-refractivity contribution >= 4 is 26.9 Å². The van der Waals surface area contributed by atoms with Crippen LogP contribution >= 0.6 is 15.9 Å². The van der Waals surface area contributed by atoms with Crippen LogP contribution in [0.25, 0.3) is 11.0 Å². The normalized spacial score (nSPS) is 13.2. The topological polar surface area (TPSA) is 25.2 Å². The molecule has 2 rings (SSSR count). The van der Waals surface area contributed by atoms with Gasteiger partial charge in [-0.2, -0.15) is 0 Å². The lowest BCUT2D eigenvalue weighted by atomic mass is 10.1. The maximum atomic E-state index is 5.88. The minimum absolute atomic E-state index is 0.260. The zero-order valence-electron chi connectivity index (χ0n) is 9.80. The van der Waals surface area contributed by atoms with Gasteiger partial charge in [0.05, 0.1) is 6.04 Å². The van der Waals surface area contributed by atoms with Crippen molar-refractivity contribution < 1.29 is 4.42 Å². The molecule has 0 radical (unpaired) electrons. The van der Waals surface area contributed by atoms with Crippen molar-refractivity contribution in [2.45, 2.75) is 26.8 Å². The SMILES string of the molecule is CCNC(C)c1cc2cc(Br)cc(C)c2o1. The van der Waals surface area contributed by atoms with Crippen molar-refractivity contribution in [1.29, 1.82) is 0 Å². The first-order valence-corrected chi connectivity index (χ1v) is 6.34. The van der Waals surface area contributed by atoms with E-state index in [2.05, 4.69) is 60.2 Å². The summed E-state index contributed by atoms with van der Waals surface area (Å²) in [6, 6.07) is 6.54. The Morgan fingerprint density at radius 3 is 2.81 bits per heavy atom. The molecule has 0 aliphatic heterocycles. The molecule has 1 aromatic heterocycles. The maximum Gasteiger partial charge on any atom is 0.137 e. The first kappa shape index (κ1) is 11.7. The molecule has 0 amide bonds. The smallest absolute Gasteiger partial charge is 0.137 e. The van der Waals surface area contributed by atoms with Crippen LogP contribution in [0.4, 0.5) is 0 Å². The highest BCUT2D eigenvalue weighted by Crippen LogP contribution is 2.29. The van der Waals surface area contributed by atoms with E-state index in [9.17, 15) is 0 Å². The second-order valence-corrected chi connectivity index (χ2v) is 4.98. The lowest BCUT2D eigenvalue weighted by molar-refractivity contribution is 0.458. The fourth-order valence-corrected chi connectivity index (χ4v) is 2.51. The van der Waals surface area contributed by atoms with Gasteiger partial charge in [0.2, 0.25) is 0 Å². The highest BCUT2D eigenvalue weighted by Gasteiger charge is 2.12. The van der Waals surface area contributed by atoms with Gasteiger partial charge in [-0.25, -0.2) is 0 Å². The number of hydrogen-bond acceptors (Lipinski definition) is 2. The van der Waals surface area contributed by atoms with Crippen molar-refractivity contribution in [2.75, 3.05) is 6.54 Å². The molecule has 0 aliphatic rings. The Hall–Kier alpha value is -0.800. The standard InChI is InChI=1S/C13H16BrNO/c1-4-15-9(3)12-7-10-6-11(14)5-8(2)13(10)16-12/h5-7,9,15H,4H2,1-3H3. The Labute approximate surface area is 104 Å². The summed E-state index contributed by atoms with van der Waals surface area (Å²) >= 11 is 3.50. The lowest BCUT2D eigenvalue weighted by Crippen LogP contribution is -2.16. The van der Waals surface area contributed by atoms with Gasteiger partial charge in [-0.15, -0.1) is 0 Å². The quantitative estimate of drug-likeness (QED) is 0.913. The van der Waals surface area contributed by atoms with E-state index in [4.69, 9.17) is 4.42 Å². The molecule has 16 heavy (non-hydrogen) atoms. The van der Waals surface area contributed by atoms with Crippen LogP contribution < -0.4 is 5.32 Å². The Balaban J connectivity index is 2.47. The van der Waals surface area contributed by atoms with E-state index in [-0.39, 0.29) is 6.04 Å². The van der Waals surface area contributed by atoms with Crippen LogP contribution in [0.3, 0.4) is 0 Å². The van der Waals surface area contributed by atoms with Crippen molar-refractivity contribution in [3.8, 4) is 0 Å². The Kier molecular flexibility index (Phi) is 3.36. The highest BCUT2D eigenvalue weighted by atomic mass is 79.9. The largest absolute Gasteiger partial charge is 0.459 e. The summed E-state index contributed by atoms with van der Waals surface area (Å²) in [6.45, 7) is 7.23. The number of benzene rings is 1. The fourth-order valence-electron chi connectivity index (χ4n) is 1.92. The van der Waals surface area contributed by atoms with Crippen LogP contribution in [-0.4, -0.2) is 6.54 Å². The van der Waals surface area contributed by atoms with Crippen molar-refractivity contribution in [1.82, 2.24) is 5.32 Å². The molecule has 0 fully saturated rings. The van der Waals surface area contributed by atoms with Gasteiger partial charge in [0.1, 0.15) is 11.3 Å². The van der Waals surface area contributed by atoms with Crippen molar-refractivity contribution in [2.24, 2.45) is 0 Å². The van der Waals surface area contributed by atoms with Gasteiger partial charge in [0, 0.05) is 9.86 Å². The maximum absolute atomic E-state index is 5.88. The molecule has 0 saturated carbocycles. The second-order valence-electron chi connectivity index (χ2n) is 4.07. The summed E-state index contributed by atoms with van der Waals surface area (Å²) < 4.78 is 6.98. The molecule has 1 unspecified atom stereocenters. The van der Waals surface area contributed by atoms with Gasteiger partial charge >= 0.3 is 0 Å². The number of halogens is 1. The lowest BCUT2D eigenvalue weighted by Gasteiger charge is -2.07. The third kappa shape index (κ3) is 2.15. The van der Waals surface area contributed by atoms with Crippen molar-refractivity contribution in [3.05, 3.63) is 34.0 Å². The Morgan fingerprint density at radius 2 is 2.12 bits per heavy atom. The second kappa shape index (κ2) is 4.60. The molecule has 0 saturated heterocycles. The van der Waals surface area contributed by atoms with Crippen LogP contribution in [0.2, 0.25) is 0 Å². The molecule has 1 aromatic carbocycles. The third-order valence-electron chi connectivity index (χ3n) is 2.72. The van der Waals surface area contributed by atoms with Crippen LogP contribution in [0.1, 0.15) is 31.2 Å². The molecule has 0 spiro atoms. The van der Waals surface area contributed by atoms with Gasteiger partial charge in [-0.1, -0.05) is 22.9 Å². The molecule has 86 valence electrons.